The van der Waals surface area contributed by atoms with Gasteiger partial charge in [0.25, 0.3) is 0 Å². The van der Waals surface area contributed by atoms with Crippen LogP contribution in [0.2, 0.25) is 0 Å². The van der Waals surface area contributed by atoms with E-state index in [-0.39, 0.29) is 23.2 Å². The summed E-state index contributed by atoms with van der Waals surface area (Å²) in [4.78, 5) is 27.1. The van der Waals surface area contributed by atoms with E-state index in [1.807, 2.05) is 6.07 Å². The van der Waals surface area contributed by atoms with Gasteiger partial charge in [-0.2, -0.15) is 0 Å². The number of esters is 1. The molecule has 0 aromatic heterocycles. The highest BCUT2D eigenvalue weighted by Gasteiger charge is 2.49. The van der Waals surface area contributed by atoms with Gasteiger partial charge in [0.05, 0.1) is 5.92 Å². The summed E-state index contributed by atoms with van der Waals surface area (Å²) < 4.78 is 5.63. The van der Waals surface area contributed by atoms with E-state index in [1.165, 1.54) is 11.1 Å². The molecule has 4 heteroatoms. The van der Waals surface area contributed by atoms with Crippen molar-refractivity contribution in [2.45, 2.75) is 70.3 Å². The van der Waals surface area contributed by atoms with Crippen molar-refractivity contribution in [2.24, 2.45) is 17.8 Å². The molecule has 1 aromatic carbocycles. The van der Waals surface area contributed by atoms with Crippen LogP contribution in [-0.4, -0.2) is 29.4 Å². The van der Waals surface area contributed by atoms with Gasteiger partial charge in [-0.1, -0.05) is 19.9 Å². The molecule has 27 heavy (non-hydrogen) atoms. The minimum atomic E-state index is -0.0830. The predicted octanol–water partition coefficient (Wildman–Crippen LogP) is 3.85. The van der Waals surface area contributed by atoms with E-state index < -0.39 is 0 Å². The van der Waals surface area contributed by atoms with E-state index in [2.05, 4.69) is 30.9 Å². The molecule has 144 valence electrons. The third kappa shape index (κ3) is 2.97. The smallest absolute Gasteiger partial charge is 0.314 e. The minimum absolute atomic E-state index is 0.0251. The monoisotopic (exact) mass is 367 g/mol. The topological polar surface area (TPSA) is 46.6 Å². The average Bonchev–Trinajstić information content (AvgIpc) is 3.54. The molecule has 1 aliphatic heterocycles. The van der Waals surface area contributed by atoms with Gasteiger partial charge in [0.15, 0.2) is 0 Å². The van der Waals surface area contributed by atoms with Gasteiger partial charge < -0.3 is 9.64 Å². The number of fused-ring (bicyclic) bond motifs is 2. The SMILES string of the molecule is CC1(C)c2cc(OC(=O)C3CC3)ccc2C[C@H]2[C@H]1CCCN2C(=O)C1CC1. The molecule has 2 atom stereocenters. The predicted molar refractivity (Wildman–Crippen MR) is 102 cm³/mol. The second-order valence-electron chi connectivity index (χ2n) is 9.56. The zero-order valence-electron chi connectivity index (χ0n) is 16.4. The number of carbonyl (C=O) groups excluding carboxylic acids is 2. The lowest BCUT2D eigenvalue weighted by Gasteiger charge is -2.52. The first-order valence-corrected chi connectivity index (χ1v) is 10.6. The van der Waals surface area contributed by atoms with E-state index in [0.29, 0.717) is 23.6 Å². The highest BCUT2D eigenvalue weighted by Crippen LogP contribution is 2.49. The Kier molecular flexibility index (Phi) is 3.89. The van der Waals surface area contributed by atoms with Crippen LogP contribution in [-0.2, 0) is 21.4 Å². The van der Waals surface area contributed by atoms with Crippen LogP contribution < -0.4 is 4.74 Å². The number of hydrogen-bond acceptors (Lipinski definition) is 3. The Bertz CT molecular complexity index is 791. The Morgan fingerprint density at radius 2 is 1.81 bits per heavy atom. The summed E-state index contributed by atoms with van der Waals surface area (Å²) >= 11 is 0. The molecular weight excluding hydrogens is 338 g/mol. The van der Waals surface area contributed by atoms with E-state index in [0.717, 1.165) is 51.5 Å². The van der Waals surface area contributed by atoms with Gasteiger partial charge >= 0.3 is 5.97 Å². The van der Waals surface area contributed by atoms with Crippen LogP contribution in [0.25, 0.3) is 0 Å². The number of nitrogens with zero attached hydrogens (tertiary/aromatic N) is 1. The summed E-state index contributed by atoms with van der Waals surface area (Å²) in [5.41, 5.74) is 2.58. The summed E-state index contributed by atoms with van der Waals surface area (Å²) in [5, 5.41) is 0. The molecule has 1 heterocycles. The lowest BCUT2D eigenvalue weighted by Crippen LogP contribution is -2.57. The fourth-order valence-electron chi connectivity index (χ4n) is 5.33. The first-order valence-electron chi connectivity index (χ1n) is 10.6. The van der Waals surface area contributed by atoms with Gasteiger partial charge in [0.1, 0.15) is 5.75 Å². The average molecular weight is 367 g/mol. The highest BCUT2D eigenvalue weighted by molar-refractivity contribution is 5.81. The Balaban J connectivity index is 1.45. The van der Waals surface area contributed by atoms with Crippen molar-refractivity contribution in [2.75, 3.05) is 6.54 Å². The highest BCUT2D eigenvalue weighted by atomic mass is 16.5. The molecule has 0 radical (unpaired) electrons. The Morgan fingerprint density at radius 1 is 1.07 bits per heavy atom. The second kappa shape index (κ2) is 6.08. The number of rotatable bonds is 3. The Morgan fingerprint density at radius 3 is 2.52 bits per heavy atom. The lowest BCUT2D eigenvalue weighted by atomic mass is 9.60. The van der Waals surface area contributed by atoms with Crippen molar-refractivity contribution in [3.63, 3.8) is 0 Å². The summed E-state index contributed by atoms with van der Waals surface area (Å²) in [6, 6.07) is 6.46. The van der Waals surface area contributed by atoms with Crippen LogP contribution in [0, 0.1) is 17.8 Å². The molecular formula is C23H29NO3. The Labute approximate surface area is 161 Å². The summed E-state index contributed by atoms with van der Waals surface area (Å²) in [6.45, 7) is 5.53. The van der Waals surface area contributed by atoms with Gasteiger partial charge in [-0.25, -0.2) is 0 Å². The van der Waals surface area contributed by atoms with E-state index in [9.17, 15) is 9.59 Å². The molecule has 4 aliphatic rings. The van der Waals surface area contributed by atoms with E-state index in [4.69, 9.17) is 4.74 Å². The molecule has 0 spiro atoms. The van der Waals surface area contributed by atoms with E-state index >= 15 is 0 Å². The summed E-state index contributed by atoms with van der Waals surface area (Å²) in [5.74, 6) is 1.85. The molecule has 1 saturated heterocycles. The second-order valence-corrected chi connectivity index (χ2v) is 9.56. The van der Waals surface area contributed by atoms with Crippen molar-refractivity contribution < 1.29 is 14.3 Å². The zero-order chi connectivity index (χ0) is 18.8. The number of carbonyl (C=O) groups is 2. The number of benzene rings is 1. The number of amides is 1. The van der Waals surface area contributed by atoms with Crippen molar-refractivity contribution in [1.82, 2.24) is 4.90 Å². The van der Waals surface area contributed by atoms with Crippen molar-refractivity contribution in [3.8, 4) is 5.75 Å². The number of likely N-dealkylation sites (tertiary alicyclic amines) is 1. The largest absolute Gasteiger partial charge is 0.426 e. The maximum atomic E-state index is 12.9. The summed E-state index contributed by atoms with van der Waals surface area (Å²) in [6.07, 6.45) is 7.25. The van der Waals surface area contributed by atoms with Gasteiger partial charge in [0.2, 0.25) is 5.91 Å². The van der Waals surface area contributed by atoms with Gasteiger partial charge in [-0.3, -0.25) is 9.59 Å². The molecule has 5 rings (SSSR count). The van der Waals surface area contributed by atoms with Crippen LogP contribution in [0.15, 0.2) is 18.2 Å². The van der Waals surface area contributed by atoms with Crippen molar-refractivity contribution >= 4 is 11.9 Å². The van der Waals surface area contributed by atoms with Crippen LogP contribution in [0.1, 0.15) is 63.5 Å². The van der Waals surface area contributed by atoms with Gasteiger partial charge in [0, 0.05) is 18.5 Å². The molecule has 1 aromatic rings. The molecule has 0 N–H and O–H groups in total. The van der Waals surface area contributed by atoms with Crippen LogP contribution in [0.3, 0.4) is 0 Å². The first kappa shape index (κ1) is 17.3. The van der Waals surface area contributed by atoms with Crippen LogP contribution in [0.4, 0.5) is 0 Å². The Hall–Kier alpha value is -1.84. The standard InChI is InChI=1S/C23H29NO3/c1-23(2)18-4-3-11-24(21(25)14-5-6-14)20(18)12-16-9-10-17(13-19(16)23)27-22(26)15-7-8-15/h9-10,13-15,18,20H,3-8,11-12H2,1-2H3/t18-,20+/m1/s1. The fraction of sp³-hybridized carbons (Fsp3) is 0.652. The lowest BCUT2D eigenvalue weighted by molar-refractivity contribution is -0.139. The fourth-order valence-corrected chi connectivity index (χ4v) is 5.33. The van der Waals surface area contributed by atoms with Crippen molar-refractivity contribution in [3.05, 3.63) is 29.3 Å². The minimum Gasteiger partial charge on any atom is -0.426 e. The van der Waals surface area contributed by atoms with Crippen molar-refractivity contribution in [1.29, 1.82) is 0 Å². The maximum Gasteiger partial charge on any atom is 0.314 e. The normalized spacial score (nSPS) is 28.9. The van der Waals surface area contributed by atoms with Gasteiger partial charge in [-0.15, -0.1) is 0 Å². The molecule has 2 saturated carbocycles. The third-order valence-electron chi connectivity index (χ3n) is 7.25. The summed E-state index contributed by atoms with van der Waals surface area (Å²) in [7, 11) is 0. The quantitative estimate of drug-likeness (QED) is 0.602. The van der Waals surface area contributed by atoms with Crippen LogP contribution in [0.5, 0.6) is 5.75 Å². The molecule has 0 unspecified atom stereocenters. The number of piperidine rings is 1. The molecule has 3 aliphatic carbocycles. The number of hydrogen-bond donors (Lipinski definition) is 0. The molecule has 1 amide bonds. The van der Waals surface area contributed by atoms with Crippen LogP contribution >= 0.6 is 0 Å². The molecule has 0 bridgehead atoms. The van der Waals surface area contributed by atoms with E-state index in [1.54, 1.807) is 0 Å². The van der Waals surface area contributed by atoms with Gasteiger partial charge in [-0.05, 0) is 79.5 Å². The molecule has 3 fully saturated rings. The molecule has 4 nitrogen and oxygen atoms in total. The zero-order valence-corrected chi connectivity index (χ0v) is 16.4. The third-order valence-corrected chi connectivity index (χ3v) is 7.25. The number of ether oxygens (including phenoxy) is 1. The first-order chi connectivity index (χ1) is 12.9. The maximum absolute atomic E-state index is 12.9.